The van der Waals surface area contributed by atoms with Crippen LogP contribution in [0.4, 0.5) is 4.79 Å². The van der Waals surface area contributed by atoms with Crippen LogP contribution in [0.3, 0.4) is 0 Å². The molecule has 0 aromatic heterocycles. The van der Waals surface area contributed by atoms with E-state index in [2.05, 4.69) is 16.0 Å². The van der Waals surface area contributed by atoms with E-state index in [0.29, 0.717) is 19.4 Å². The molecule has 1 saturated heterocycles. The first-order valence-electron chi connectivity index (χ1n) is 6.62. The summed E-state index contributed by atoms with van der Waals surface area (Å²) in [7, 11) is 0. The van der Waals surface area contributed by atoms with E-state index in [1.165, 1.54) is 0 Å². The van der Waals surface area contributed by atoms with E-state index < -0.39 is 24.1 Å². The molecule has 1 unspecified atom stereocenters. The predicted octanol–water partition coefficient (Wildman–Crippen LogP) is 0.208. The predicted molar refractivity (Wildman–Crippen MR) is 68.6 cm³/mol. The van der Waals surface area contributed by atoms with Crippen molar-refractivity contribution >= 4 is 17.9 Å². The van der Waals surface area contributed by atoms with E-state index in [1.807, 2.05) is 6.92 Å². The van der Waals surface area contributed by atoms with Crippen molar-refractivity contribution in [3.63, 3.8) is 0 Å². The van der Waals surface area contributed by atoms with Crippen LogP contribution in [0.25, 0.3) is 0 Å². The van der Waals surface area contributed by atoms with Crippen LogP contribution in [0, 0.1) is 0 Å². The van der Waals surface area contributed by atoms with Gasteiger partial charge in [-0.3, -0.25) is 4.79 Å². The molecule has 0 aromatic carbocycles. The monoisotopic (exact) mass is 271 g/mol. The number of carboxylic acids is 1. The molecule has 1 aliphatic rings. The number of hydrogen-bond acceptors (Lipinski definition) is 3. The van der Waals surface area contributed by atoms with Crippen LogP contribution in [0.2, 0.25) is 0 Å². The van der Waals surface area contributed by atoms with Gasteiger partial charge in [-0.25, -0.2) is 9.59 Å². The molecule has 0 bridgehead atoms. The lowest BCUT2D eigenvalue weighted by atomic mass is 10.1. The first-order valence-corrected chi connectivity index (χ1v) is 6.62. The normalized spacial score (nSPS) is 20.3. The fourth-order valence-corrected chi connectivity index (χ4v) is 1.93. The molecular formula is C12H21N3O4. The highest BCUT2D eigenvalue weighted by Gasteiger charge is 2.25. The summed E-state index contributed by atoms with van der Waals surface area (Å²) in [5.41, 5.74) is 0. The summed E-state index contributed by atoms with van der Waals surface area (Å²) < 4.78 is 0. The number of amides is 3. The molecule has 3 amide bonds. The van der Waals surface area contributed by atoms with Gasteiger partial charge in [-0.1, -0.05) is 19.8 Å². The Morgan fingerprint density at radius 3 is 2.84 bits per heavy atom. The third-order valence-corrected chi connectivity index (χ3v) is 3.04. The molecule has 2 atom stereocenters. The maximum Gasteiger partial charge on any atom is 0.326 e. The van der Waals surface area contributed by atoms with Gasteiger partial charge < -0.3 is 21.1 Å². The van der Waals surface area contributed by atoms with E-state index in [9.17, 15) is 14.4 Å². The van der Waals surface area contributed by atoms with Gasteiger partial charge in [0.2, 0.25) is 5.91 Å². The number of hydrogen-bond donors (Lipinski definition) is 4. The molecule has 19 heavy (non-hydrogen) atoms. The molecule has 0 aromatic rings. The third-order valence-electron chi connectivity index (χ3n) is 3.04. The first kappa shape index (κ1) is 15.3. The number of carbonyl (C=O) groups is 3. The smallest absolute Gasteiger partial charge is 0.326 e. The van der Waals surface area contributed by atoms with E-state index in [0.717, 1.165) is 19.3 Å². The first-order chi connectivity index (χ1) is 9.04. The molecule has 1 heterocycles. The number of carboxylic acid groups (broad SMARTS) is 1. The van der Waals surface area contributed by atoms with Gasteiger partial charge in [-0.2, -0.15) is 0 Å². The Balaban J connectivity index is 2.43. The van der Waals surface area contributed by atoms with Gasteiger partial charge in [-0.15, -0.1) is 0 Å². The summed E-state index contributed by atoms with van der Waals surface area (Å²) in [6.07, 6.45) is 3.34. The van der Waals surface area contributed by atoms with E-state index in [1.54, 1.807) is 0 Å². The van der Waals surface area contributed by atoms with Gasteiger partial charge in [0.15, 0.2) is 0 Å². The average Bonchev–Trinajstić information content (AvgIpc) is 2.37. The standard InChI is InChI=1S/C12H21N3O4/c1-2-3-5-9(11(17)18)15-12(19)14-8-6-4-7-13-10(8)16/h8-9H,2-7H2,1H3,(H,13,16)(H,17,18)(H2,14,15,19)/t8?,9-/m0/s1. The van der Waals surface area contributed by atoms with Crippen LogP contribution >= 0.6 is 0 Å². The van der Waals surface area contributed by atoms with Crippen molar-refractivity contribution in [1.82, 2.24) is 16.0 Å². The van der Waals surface area contributed by atoms with Gasteiger partial charge in [-0.05, 0) is 19.3 Å². The molecule has 7 heteroatoms. The molecule has 0 aliphatic carbocycles. The summed E-state index contributed by atoms with van der Waals surface area (Å²) in [5.74, 6) is -1.28. The van der Waals surface area contributed by atoms with Crippen LogP contribution in [0.1, 0.15) is 39.0 Å². The van der Waals surface area contributed by atoms with Crippen LogP contribution in [0.15, 0.2) is 0 Å². The Kier molecular flexibility index (Phi) is 6.11. The molecule has 0 spiro atoms. The van der Waals surface area contributed by atoms with Crippen molar-refractivity contribution < 1.29 is 19.5 Å². The van der Waals surface area contributed by atoms with E-state index in [4.69, 9.17) is 5.11 Å². The molecule has 0 radical (unpaired) electrons. The second-order valence-corrected chi connectivity index (χ2v) is 4.64. The highest BCUT2D eigenvalue weighted by atomic mass is 16.4. The van der Waals surface area contributed by atoms with Crippen molar-refractivity contribution in [2.24, 2.45) is 0 Å². The molecule has 4 N–H and O–H groups in total. The molecular weight excluding hydrogens is 250 g/mol. The summed E-state index contributed by atoms with van der Waals surface area (Å²) in [5, 5.41) is 16.5. The van der Waals surface area contributed by atoms with Crippen LogP contribution in [-0.4, -0.2) is 41.6 Å². The van der Waals surface area contributed by atoms with Gasteiger partial charge in [0.05, 0.1) is 0 Å². The largest absolute Gasteiger partial charge is 0.480 e. The Hall–Kier alpha value is -1.79. The lowest BCUT2D eigenvalue weighted by Gasteiger charge is -2.24. The van der Waals surface area contributed by atoms with Crippen molar-refractivity contribution in [3.05, 3.63) is 0 Å². The summed E-state index contributed by atoms with van der Waals surface area (Å²) in [6.45, 7) is 2.57. The van der Waals surface area contributed by atoms with Crippen molar-refractivity contribution in [3.8, 4) is 0 Å². The maximum absolute atomic E-state index is 11.7. The third kappa shape index (κ3) is 5.15. The summed E-state index contributed by atoms with van der Waals surface area (Å²) in [4.78, 5) is 34.1. The van der Waals surface area contributed by atoms with E-state index in [-0.39, 0.29) is 5.91 Å². The molecule has 7 nitrogen and oxygen atoms in total. The van der Waals surface area contributed by atoms with Crippen LogP contribution in [-0.2, 0) is 9.59 Å². The zero-order chi connectivity index (χ0) is 14.3. The van der Waals surface area contributed by atoms with Crippen LogP contribution in [0.5, 0.6) is 0 Å². The van der Waals surface area contributed by atoms with Gasteiger partial charge in [0.1, 0.15) is 12.1 Å². The van der Waals surface area contributed by atoms with Crippen molar-refractivity contribution in [1.29, 1.82) is 0 Å². The fourth-order valence-electron chi connectivity index (χ4n) is 1.93. The Labute approximate surface area is 112 Å². The van der Waals surface area contributed by atoms with E-state index >= 15 is 0 Å². The number of nitrogens with one attached hydrogen (secondary N) is 3. The Morgan fingerprint density at radius 2 is 2.26 bits per heavy atom. The summed E-state index contributed by atoms with van der Waals surface area (Å²) in [6, 6.07) is -2.09. The topological polar surface area (TPSA) is 108 Å². The Morgan fingerprint density at radius 1 is 1.53 bits per heavy atom. The Bertz CT molecular complexity index is 346. The van der Waals surface area contributed by atoms with Crippen molar-refractivity contribution in [2.45, 2.75) is 51.1 Å². The molecule has 108 valence electrons. The molecule has 0 saturated carbocycles. The maximum atomic E-state index is 11.7. The highest BCUT2D eigenvalue weighted by molar-refractivity contribution is 5.89. The SMILES string of the molecule is CCCC[C@H](NC(=O)NC1CCCNC1=O)C(=O)O. The number of rotatable bonds is 6. The zero-order valence-electron chi connectivity index (χ0n) is 11.1. The minimum Gasteiger partial charge on any atom is -0.480 e. The average molecular weight is 271 g/mol. The quantitative estimate of drug-likeness (QED) is 0.553. The number of carbonyl (C=O) groups excluding carboxylic acids is 2. The van der Waals surface area contributed by atoms with Gasteiger partial charge in [0.25, 0.3) is 0 Å². The second kappa shape index (κ2) is 7.60. The lowest BCUT2D eigenvalue weighted by Crippen LogP contribution is -2.55. The zero-order valence-corrected chi connectivity index (χ0v) is 11.1. The molecule has 1 aliphatic heterocycles. The minimum atomic E-state index is -1.06. The molecule has 1 fully saturated rings. The minimum absolute atomic E-state index is 0.221. The van der Waals surface area contributed by atoms with Gasteiger partial charge in [0, 0.05) is 6.54 Å². The lowest BCUT2D eigenvalue weighted by molar-refractivity contribution is -0.139. The number of aliphatic carboxylic acids is 1. The number of piperidine rings is 1. The van der Waals surface area contributed by atoms with Crippen LogP contribution < -0.4 is 16.0 Å². The van der Waals surface area contributed by atoms with Gasteiger partial charge >= 0.3 is 12.0 Å². The van der Waals surface area contributed by atoms with Crippen molar-refractivity contribution in [2.75, 3.05) is 6.54 Å². The molecule has 1 rings (SSSR count). The fraction of sp³-hybridized carbons (Fsp3) is 0.750. The second-order valence-electron chi connectivity index (χ2n) is 4.64. The number of unbranched alkanes of at least 4 members (excludes halogenated alkanes) is 1. The summed E-state index contributed by atoms with van der Waals surface area (Å²) >= 11 is 0. The number of urea groups is 1. The highest BCUT2D eigenvalue weighted by Crippen LogP contribution is 2.04.